The molecular weight excluding hydrogens is 200 g/mol. The Morgan fingerprint density at radius 1 is 1.38 bits per heavy atom. The molecule has 3 heteroatoms. The van der Waals surface area contributed by atoms with E-state index in [0.29, 0.717) is 0 Å². The van der Waals surface area contributed by atoms with Crippen LogP contribution in [0.2, 0.25) is 0 Å². The van der Waals surface area contributed by atoms with Gasteiger partial charge in [0.1, 0.15) is 0 Å². The van der Waals surface area contributed by atoms with Crippen molar-refractivity contribution in [3.63, 3.8) is 0 Å². The zero-order chi connectivity index (χ0) is 12.1. The number of aromatic nitrogens is 2. The third kappa shape index (κ3) is 1.34. The molecule has 0 aliphatic heterocycles. The van der Waals surface area contributed by atoms with Gasteiger partial charge in [-0.3, -0.25) is 9.48 Å². The van der Waals surface area contributed by atoms with Crippen molar-refractivity contribution in [3.05, 3.63) is 18.0 Å². The first-order valence-electron chi connectivity index (χ1n) is 5.89. The number of ketones is 1. The summed E-state index contributed by atoms with van der Waals surface area (Å²) in [5.74, 6) is 0.379. The fourth-order valence-electron chi connectivity index (χ4n) is 2.68. The highest BCUT2D eigenvalue weighted by atomic mass is 16.1. The van der Waals surface area contributed by atoms with Gasteiger partial charge in [-0.15, -0.1) is 0 Å². The van der Waals surface area contributed by atoms with Gasteiger partial charge >= 0.3 is 0 Å². The van der Waals surface area contributed by atoms with Gasteiger partial charge in [0.05, 0.1) is 11.8 Å². The standard InChI is InChI=1S/C13H20N2O/c1-6-15-8-9(7-14-15)10(16)11-12(2,3)13(11,4)5/h7-8,11H,6H2,1-5H3. The van der Waals surface area contributed by atoms with Gasteiger partial charge in [-0.05, 0) is 17.8 Å². The quantitative estimate of drug-likeness (QED) is 0.734. The smallest absolute Gasteiger partial charge is 0.170 e. The number of rotatable bonds is 3. The van der Waals surface area contributed by atoms with E-state index in [4.69, 9.17) is 0 Å². The summed E-state index contributed by atoms with van der Waals surface area (Å²) < 4.78 is 1.80. The topological polar surface area (TPSA) is 34.9 Å². The van der Waals surface area contributed by atoms with Crippen LogP contribution < -0.4 is 0 Å². The summed E-state index contributed by atoms with van der Waals surface area (Å²) in [6.45, 7) is 11.5. The number of carbonyl (C=O) groups excluding carboxylic acids is 1. The summed E-state index contributed by atoms with van der Waals surface area (Å²) in [5, 5.41) is 4.16. The van der Waals surface area contributed by atoms with Crippen LogP contribution in [0.5, 0.6) is 0 Å². The molecule has 0 saturated heterocycles. The van der Waals surface area contributed by atoms with Gasteiger partial charge in [-0.1, -0.05) is 27.7 Å². The van der Waals surface area contributed by atoms with Crippen molar-refractivity contribution in [2.24, 2.45) is 16.7 Å². The molecule has 88 valence electrons. The first-order valence-corrected chi connectivity index (χ1v) is 5.89. The van der Waals surface area contributed by atoms with Gasteiger partial charge in [0.25, 0.3) is 0 Å². The Bertz CT molecular complexity index is 415. The molecule has 0 unspecified atom stereocenters. The van der Waals surface area contributed by atoms with Crippen molar-refractivity contribution in [1.29, 1.82) is 0 Å². The Morgan fingerprint density at radius 3 is 2.31 bits per heavy atom. The summed E-state index contributed by atoms with van der Waals surface area (Å²) in [5.41, 5.74) is 0.974. The van der Waals surface area contributed by atoms with Gasteiger partial charge < -0.3 is 0 Å². The maximum Gasteiger partial charge on any atom is 0.170 e. The van der Waals surface area contributed by atoms with Crippen LogP contribution in [0.15, 0.2) is 12.4 Å². The van der Waals surface area contributed by atoms with Crippen LogP contribution in [0.3, 0.4) is 0 Å². The zero-order valence-electron chi connectivity index (χ0n) is 10.7. The molecule has 0 N–H and O–H groups in total. The van der Waals surface area contributed by atoms with E-state index >= 15 is 0 Å². The van der Waals surface area contributed by atoms with Crippen LogP contribution >= 0.6 is 0 Å². The predicted molar refractivity (Wildman–Crippen MR) is 63.3 cm³/mol. The van der Waals surface area contributed by atoms with E-state index in [2.05, 4.69) is 32.8 Å². The Hall–Kier alpha value is -1.12. The molecule has 1 aliphatic carbocycles. The van der Waals surface area contributed by atoms with Crippen LogP contribution in [0.25, 0.3) is 0 Å². The number of nitrogens with zero attached hydrogens (tertiary/aromatic N) is 2. The second kappa shape index (κ2) is 3.19. The molecule has 1 aliphatic rings. The minimum atomic E-state index is 0.110. The van der Waals surface area contributed by atoms with E-state index < -0.39 is 0 Å². The third-order valence-electron chi connectivity index (χ3n) is 4.52. The average molecular weight is 220 g/mol. The van der Waals surface area contributed by atoms with Crippen LogP contribution in [0.1, 0.15) is 45.0 Å². The van der Waals surface area contributed by atoms with Gasteiger partial charge in [0.2, 0.25) is 0 Å². The summed E-state index contributed by atoms with van der Waals surface area (Å²) in [6.07, 6.45) is 3.54. The predicted octanol–water partition coefficient (Wildman–Crippen LogP) is 2.77. The molecule has 0 atom stereocenters. The highest BCUT2D eigenvalue weighted by Gasteiger charge is 2.67. The van der Waals surface area contributed by atoms with Crippen molar-refractivity contribution < 1.29 is 4.79 Å². The lowest BCUT2D eigenvalue weighted by atomic mass is 10.0. The van der Waals surface area contributed by atoms with Gasteiger partial charge in [-0.25, -0.2) is 0 Å². The fourth-order valence-corrected chi connectivity index (χ4v) is 2.68. The molecule has 2 rings (SSSR count). The molecular formula is C13H20N2O. The minimum absolute atomic E-state index is 0.110. The summed E-state index contributed by atoms with van der Waals surface area (Å²) in [6, 6.07) is 0. The van der Waals surface area contributed by atoms with Crippen molar-refractivity contribution in [2.45, 2.75) is 41.2 Å². The molecule has 1 aromatic rings. The monoisotopic (exact) mass is 220 g/mol. The maximum absolute atomic E-state index is 12.3. The van der Waals surface area contributed by atoms with E-state index in [1.54, 1.807) is 10.9 Å². The number of Topliss-reactive ketones (excluding diaryl/α,β-unsaturated/α-hetero) is 1. The summed E-state index contributed by atoms with van der Waals surface area (Å²) >= 11 is 0. The second-order valence-corrected chi connectivity index (χ2v) is 5.83. The van der Waals surface area contributed by atoms with Crippen LogP contribution in [0.4, 0.5) is 0 Å². The fraction of sp³-hybridized carbons (Fsp3) is 0.692. The van der Waals surface area contributed by atoms with Crippen LogP contribution in [-0.2, 0) is 6.54 Å². The zero-order valence-corrected chi connectivity index (χ0v) is 10.7. The Labute approximate surface area is 96.8 Å². The van der Waals surface area contributed by atoms with Crippen molar-refractivity contribution >= 4 is 5.78 Å². The van der Waals surface area contributed by atoms with E-state index in [-0.39, 0.29) is 22.5 Å². The molecule has 0 aromatic carbocycles. The SMILES string of the molecule is CCn1cc(C(=O)C2C(C)(C)C2(C)C)cn1. The van der Waals surface area contributed by atoms with Crippen molar-refractivity contribution in [2.75, 3.05) is 0 Å². The molecule has 3 nitrogen and oxygen atoms in total. The lowest BCUT2D eigenvalue weighted by molar-refractivity contribution is 0.0945. The normalized spacial score (nSPS) is 22.1. The first-order chi connectivity index (χ1) is 7.32. The Kier molecular flexibility index (Phi) is 2.26. The van der Waals surface area contributed by atoms with E-state index in [1.165, 1.54) is 0 Å². The number of carbonyl (C=O) groups is 1. The second-order valence-electron chi connectivity index (χ2n) is 5.83. The Balaban J connectivity index is 2.22. The first kappa shape index (κ1) is 11.4. The molecule has 1 fully saturated rings. The van der Waals surface area contributed by atoms with Crippen LogP contribution in [0, 0.1) is 16.7 Å². The van der Waals surface area contributed by atoms with E-state index in [9.17, 15) is 4.79 Å². The van der Waals surface area contributed by atoms with Gasteiger partial charge in [0.15, 0.2) is 5.78 Å². The molecule has 16 heavy (non-hydrogen) atoms. The number of aryl methyl sites for hydroxylation is 1. The van der Waals surface area contributed by atoms with Gasteiger partial charge in [-0.2, -0.15) is 5.10 Å². The van der Waals surface area contributed by atoms with E-state index in [0.717, 1.165) is 12.1 Å². The third-order valence-corrected chi connectivity index (χ3v) is 4.52. The molecule has 1 saturated carbocycles. The highest BCUT2D eigenvalue weighted by Crippen LogP contribution is 2.69. The van der Waals surface area contributed by atoms with Crippen molar-refractivity contribution in [1.82, 2.24) is 9.78 Å². The maximum atomic E-state index is 12.3. The molecule has 0 bridgehead atoms. The number of hydrogen-bond donors (Lipinski definition) is 0. The molecule has 0 spiro atoms. The van der Waals surface area contributed by atoms with Crippen molar-refractivity contribution in [3.8, 4) is 0 Å². The highest BCUT2D eigenvalue weighted by molar-refractivity contribution is 6.00. The van der Waals surface area contributed by atoms with Crippen LogP contribution in [-0.4, -0.2) is 15.6 Å². The van der Waals surface area contributed by atoms with E-state index in [1.807, 2.05) is 13.1 Å². The molecule has 0 amide bonds. The lowest BCUT2D eigenvalue weighted by Gasteiger charge is -2.03. The molecule has 1 heterocycles. The Morgan fingerprint density at radius 2 is 1.94 bits per heavy atom. The lowest BCUT2D eigenvalue weighted by Crippen LogP contribution is -2.06. The van der Waals surface area contributed by atoms with Gasteiger partial charge in [0, 0.05) is 18.7 Å². The summed E-state index contributed by atoms with van der Waals surface area (Å²) in [4.78, 5) is 12.3. The molecule has 1 aromatic heterocycles. The molecule has 0 radical (unpaired) electrons. The number of hydrogen-bond acceptors (Lipinski definition) is 2. The summed E-state index contributed by atoms with van der Waals surface area (Å²) in [7, 11) is 0. The minimum Gasteiger partial charge on any atom is -0.294 e. The average Bonchev–Trinajstić information content (AvgIpc) is 2.59. The largest absolute Gasteiger partial charge is 0.294 e.